The maximum Gasteiger partial charge on any atom is 0.119 e. The summed E-state index contributed by atoms with van der Waals surface area (Å²) in [6.07, 6.45) is 1.25. The lowest BCUT2D eigenvalue weighted by Gasteiger charge is -2.32. The number of aliphatic hydroxyl groups excluding tert-OH is 1. The van der Waals surface area contributed by atoms with Crippen LogP contribution in [0.25, 0.3) is 0 Å². The molecule has 0 heterocycles. The van der Waals surface area contributed by atoms with E-state index >= 15 is 0 Å². The zero-order valence-electron chi connectivity index (χ0n) is 11.6. The summed E-state index contributed by atoms with van der Waals surface area (Å²) in [6.45, 7) is 7.29. The molecule has 18 heavy (non-hydrogen) atoms. The molecule has 0 aromatic heterocycles. The Morgan fingerprint density at radius 2 is 2.11 bits per heavy atom. The Balaban J connectivity index is 2.88. The number of nitrogens with two attached hydrogens (primary N) is 1. The molecule has 0 spiro atoms. The number of aliphatic hydroxyl groups is 1. The highest BCUT2D eigenvalue weighted by atomic mass is 16.5. The molecule has 0 amide bonds. The second-order valence-electron chi connectivity index (χ2n) is 5.04. The third-order valence-corrected chi connectivity index (χ3v) is 3.58. The van der Waals surface area contributed by atoms with Crippen LogP contribution in [0.2, 0.25) is 0 Å². The van der Waals surface area contributed by atoms with Gasteiger partial charge in [0, 0.05) is 12.0 Å². The Kier molecular flexibility index (Phi) is 5.63. The van der Waals surface area contributed by atoms with Crippen LogP contribution in [0.15, 0.2) is 24.3 Å². The smallest absolute Gasteiger partial charge is 0.119 e. The van der Waals surface area contributed by atoms with Crippen LogP contribution in [0, 0.1) is 5.41 Å². The van der Waals surface area contributed by atoms with E-state index in [1.54, 1.807) is 0 Å². The highest BCUT2D eigenvalue weighted by Crippen LogP contribution is 2.36. The topological polar surface area (TPSA) is 55.5 Å². The van der Waals surface area contributed by atoms with Crippen LogP contribution in [0.4, 0.5) is 0 Å². The van der Waals surface area contributed by atoms with Crippen molar-refractivity contribution in [3.05, 3.63) is 29.8 Å². The van der Waals surface area contributed by atoms with E-state index in [0.717, 1.165) is 24.2 Å². The minimum absolute atomic E-state index is 0.288. The monoisotopic (exact) mass is 251 g/mol. The van der Waals surface area contributed by atoms with E-state index in [-0.39, 0.29) is 5.41 Å². The second kappa shape index (κ2) is 6.76. The summed E-state index contributed by atoms with van der Waals surface area (Å²) in [5.74, 6) is 0.809. The van der Waals surface area contributed by atoms with Crippen molar-refractivity contribution >= 4 is 0 Å². The maximum absolute atomic E-state index is 10.5. The first-order valence-electron chi connectivity index (χ1n) is 6.68. The highest BCUT2D eigenvalue weighted by Gasteiger charge is 2.31. The Bertz CT molecular complexity index is 361. The van der Waals surface area contributed by atoms with Crippen LogP contribution in [-0.4, -0.2) is 18.3 Å². The third kappa shape index (κ3) is 3.47. The van der Waals surface area contributed by atoms with Gasteiger partial charge >= 0.3 is 0 Å². The number of benzene rings is 1. The molecular formula is C15H25NO2. The zero-order valence-corrected chi connectivity index (χ0v) is 11.6. The van der Waals surface area contributed by atoms with Gasteiger partial charge in [-0.2, -0.15) is 0 Å². The van der Waals surface area contributed by atoms with Crippen LogP contribution >= 0.6 is 0 Å². The highest BCUT2D eigenvalue weighted by molar-refractivity contribution is 5.30. The van der Waals surface area contributed by atoms with Gasteiger partial charge < -0.3 is 15.6 Å². The molecule has 1 aromatic carbocycles. The van der Waals surface area contributed by atoms with Crippen molar-refractivity contribution in [2.24, 2.45) is 11.1 Å². The van der Waals surface area contributed by atoms with Crippen molar-refractivity contribution in [2.45, 2.75) is 39.7 Å². The van der Waals surface area contributed by atoms with Crippen molar-refractivity contribution < 1.29 is 9.84 Å². The second-order valence-corrected chi connectivity index (χ2v) is 5.04. The summed E-state index contributed by atoms with van der Waals surface area (Å²) >= 11 is 0. The molecule has 1 aromatic rings. The predicted octanol–water partition coefficient (Wildman–Crippen LogP) is 2.88. The molecule has 0 aliphatic carbocycles. The standard InChI is InChI=1S/C15H25NO2/c1-4-9-18-13-8-6-7-12(10-13)14(17)15(3,5-2)11-16/h6-8,10,14,17H,4-5,9,11,16H2,1-3H3. The van der Waals surface area contributed by atoms with Crippen LogP contribution in [0.3, 0.4) is 0 Å². The minimum atomic E-state index is -0.558. The first-order chi connectivity index (χ1) is 8.57. The van der Waals surface area contributed by atoms with E-state index in [9.17, 15) is 5.11 Å². The molecule has 3 N–H and O–H groups in total. The molecule has 0 fully saturated rings. The zero-order chi connectivity index (χ0) is 13.6. The summed E-state index contributed by atoms with van der Waals surface area (Å²) < 4.78 is 5.58. The van der Waals surface area contributed by atoms with E-state index in [1.165, 1.54) is 0 Å². The molecule has 0 aliphatic heterocycles. The summed E-state index contributed by atoms with van der Waals surface area (Å²) in [4.78, 5) is 0. The van der Waals surface area contributed by atoms with E-state index in [4.69, 9.17) is 10.5 Å². The largest absolute Gasteiger partial charge is 0.494 e. The fourth-order valence-electron chi connectivity index (χ4n) is 1.85. The maximum atomic E-state index is 10.5. The molecule has 0 saturated heterocycles. The van der Waals surface area contributed by atoms with Gasteiger partial charge in [0.2, 0.25) is 0 Å². The van der Waals surface area contributed by atoms with Gasteiger partial charge in [0.05, 0.1) is 12.7 Å². The summed E-state index contributed by atoms with van der Waals surface area (Å²) in [6, 6.07) is 7.66. The molecule has 3 nitrogen and oxygen atoms in total. The Labute approximate surface area is 110 Å². The normalized spacial score (nSPS) is 16.1. The Hall–Kier alpha value is -1.06. The molecule has 102 valence electrons. The fraction of sp³-hybridized carbons (Fsp3) is 0.600. The van der Waals surface area contributed by atoms with Gasteiger partial charge in [-0.25, -0.2) is 0 Å². The lowest BCUT2D eigenvalue weighted by atomic mass is 9.78. The van der Waals surface area contributed by atoms with Gasteiger partial charge in [0.15, 0.2) is 0 Å². The third-order valence-electron chi connectivity index (χ3n) is 3.58. The summed E-state index contributed by atoms with van der Waals surface area (Å²) in [5.41, 5.74) is 6.37. The number of rotatable bonds is 7. The molecule has 0 saturated carbocycles. The van der Waals surface area contributed by atoms with Gasteiger partial charge in [-0.15, -0.1) is 0 Å². The quantitative estimate of drug-likeness (QED) is 0.783. The average molecular weight is 251 g/mol. The number of hydrogen-bond donors (Lipinski definition) is 2. The van der Waals surface area contributed by atoms with Crippen molar-refractivity contribution in [3.8, 4) is 5.75 Å². The van der Waals surface area contributed by atoms with Crippen molar-refractivity contribution in [3.63, 3.8) is 0 Å². The van der Waals surface area contributed by atoms with E-state index < -0.39 is 6.10 Å². The predicted molar refractivity (Wildman–Crippen MR) is 74.6 cm³/mol. The fourth-order valence-corrected chi connectivity index (χ4v) is 1.85. The van der Waals surface area contributed by atoms with Gasteiger partial charge in [-0.1, -0.05) is 32.9 Å². The SMILES string of the molecule is CCCOc1cccc(C(O)C(C)(CC)CN)c1. The van der Waals surface area contributed by atoms with Gasteiger partial charge in [0.25, 0.3) is 0 Å². The van der Waals surface area contributed by atoms with Gasteiger partial charge in [0.1, 0.15) is 5.75 Å². The first-order valence-corrected chi connectivity index (χ1v) is 6.68. The molecule has 3 heteroatoms. The van der Waals surface area contributed by atoms with Crippen LogP contribution < -0.4 is 10.5 Å². The molecule has 2 atom stereocenters. The first kappa shape index (κ1) is 15.0. The van der Waals surface area contributed by atoms with Crippen molar-refractivity contribution in [2.75, 3.05) is 13.2 Å². The van der Waals surface area contributed by atoms with Crippen molar-refractivity contribution in [1.29, 1.82) is 0 Å². The summed E-state index contributed by atoms with van der Waals surface area (Å²) in [7, 11) is 0. The molecule has 0 aliphatic rings. The molecule has 0 radical (unpaired) electrons. The molecule has 1 rings (SSSR count). The Morgan fingerprint density at radius 3 is 2.67 bits per heavy atom. The van der Waals surface area contributed by atoms with E-state index in [2.05, 4.69) is 6.92 Å². The van der Waals surface area contributed by atoms with Crippen molar-refractivity contribution in [1.82, 2.24) is 0 Å². The molecule has 2 unspecified atom stereocenters. The minimum Gasteiger partial charge on any atom is -0.494 e. The van der Waals surface area contributed by atoms with Crippen LogP contribution in [0.1, 0.15) is 45.3 Å². The van der Waals surface area contributed by atoms with E-state index in [1.807, 2.05) is 38.1 Å². The molecular weight excluding hydrogens is 226 g/mol. The van der Waals surface area contributed by atoms with E-state index in [0.29, 0.717) is 13.2 Å². The van der Waals surface area contributed by atoms with Crippen LogP contribution in [-0.2, 0) is 0 Å². The molecule has 0 bridgehead atoms. The van der Waals surface area contributed by atoms with Crippen LogP contribution in [0.5, 0.6) is 5.75 Å². The van der Waals surface area contributed by atoms with Gasteiger partial charge in [-0.05, 0) is 30.5 Å². The average Bonchev–Trinajstić information content (AvgIpc) is 2.43. The summed E-state index contributed by atoms with van der Waals surface area (Å²) in [5, 5.41) is 10.5. The lowest BCUT2D eigenvalue weighted by Crippen LogP contribution is -2.33. The van der Waals surface area contributed by atoms with Gasteiger partial charge in [-0.3, -0.25) is 0 Å². The number of ether oxygens (including phenoxy) is 1. The lowest BCUT2D eigenvalue weighted by molar-refractivity contribution is 0.0390. The Morgan fingerprint density at radius 1 is 1.39 bits per heavy atom. The number of hydrogen-bond acceptors (Lipinski definition) is 3.